The van der Waals surface area contributed by atoms with Crippen molar-refractivity contribution in [1.82, 2.24) is 5.32 Å². The van der Waals surface area contributed by atoms with E-state index in [4.69, 9.17) is 23.2 Å². The van der Waals surface area contributed by atoms with Crippen LogP contribution >= 0.6 is 23.2 Å². The van der Waals surface area contributed by atoms with Crippen LogP contribution in [0.4, 0.5) is 5.69 Å². The molecule has 0 radical (unpaired) electrons. The van der Waals surface area contributed by atoms with Crippen LogP contribution in [0.15, 0.2) is 18.2 Å². The van der Waals surface area contributed by atoms with E-state index in [0.29, 0.717) is 27.7 Å². The van der Waals surface area contributed by atoms with Gasteiger partial charge in [-0.25, -0.2) is 0 Å². The lowest BCUT2D eigenvalue weighted by molar-refractivity contribution is -0.118. The predicted molar refractivity (Wildman–Crippen MR) is 89.1 cm³/mol. The molecule has 0 bridgehead atoms. The average Bonchev–Trinajstić information content (AvgIpc) is 2.45. The van der Waals surface area contributed by atoms with Gasteiger partial charge in [-0.1, -0.05) is 43.0 Å². The van der Waals surface area contributed by atoms with Crippen LogP contribution in [0, 0.1) is 5.92 Å². The molecular formula is C16H22Cl2N2O. The molecule has 1 aliphatic rings. The van der Waals surface area contributed by atoms with Crippen molar-refractivity contribution in [2.24, 2.45) is 5.92 Å². The van der Waals surface area contributed by atoms with E-state index in [0.717, 1.165) is 6.42 Å². The first kappa shape index (κ1) is 16.6. The van der Waals surface area contributed by atoms with Gasteiger partial charge in [0, 0.05) is 11.1 Å². The van der Waals surface area contributed by atoms with E-state index in [-0.39, 0.29) is 11.9 Å². The van der Waals surface area contributed by atoms with Crippen LogP contribution < -0.4 is 10.6 Å². The second kappa shape index (κ2) is 7.48. The van der Waals surface area contributed by atoms with Gasteiger partial charge in [0.2, 0.25) is 5.91 Å². The minimum Gasteiger partial charge on any atom is -0.323 e. The van der Waals surface area contributed by atoms with Crippen molar-refractivity contribution in [2.75, 3.05) is 5.32 Å². The smallest absolute Gasteiger partial charge is 0.241 e. The van der Waals surface area contributed by atoms with Gasteiger partial charge in [-0.2, -0.15) is 0 Å². The van der Waals surface area contributed by atoms with Crippen molar-refractivity contribution in [3.8, 4) is 0 Å². The molecule has 0 saturated heterocycles. The number of carbonyl (C=O) groups excluding carboxylic acids is 1. The maximum Gasteiger partial charge on any atom is 0.241 e. The van der Waals surface area contributed by atoms with Gasteiger partial charge in [-0.3, -0.25) is 4.79 Å². The van der Waals surface area contributed by atoms with E-state index in [1.807, 2.05) is 6.92 Å². The van der Waals surface area contributed by atoms with Crippen molar-refractivity contribution in [1.29, 1.82) is 0 Å². The topological polar surface area (TPSA) is 41.1 Å². The third-order valence-electron chi connectivity index (χ3n) is 4.16. The summed E-state index contributed by atoms with van der Waals surface area (Å²) >= 11 is 12.0. The molecule has 1 saturated carbocycles. The van der Waals surface area contributed by atoms with Gasteiger partial charge in [0.25, 0.3) is 0 Å². The number of halogens is 2. The molecule has 0 unspecified atom stereocenters. The van der Waals surface area contributed by atoms with Gasteiger partial charge in [-0.15, -0.1) is 0 Å². The number of nitrogens with one attached hydrogen (secondary N) is 2. The largest absolute Gasteiger partial charge is 0.323 e. The molecule has 2 rings (SSSR count). The summed E-state index contributed by atoms with van der Waals surface area (Å²) in [6.45, 7) is 4.13. The first-order valence-electron chi connectivity index (χ1n) is 7.49. The van der Waals surface area contributed by atoms with Crippen LogP contribution in [-0.2, 0) is 4.79 Å². The maximum atomic E-state index is 12.3. The highest BCUT2D eigenvalue weighted by Gasteiger charge is 2.25. The van der Waals surface area contributed by atoms with Crippen LogP contribution in [0.2, 0.25) is 10.0 Å². The lowest BCUT2D eigenvalue weighted by Gasteiger charge is -2.31. The highest BCUT2D eigenvalue weighted by molar-refractivity contribution is 6.35. The Morgan fingerprint density at radius 2 is 2.00 bits per heavy atom. The summed E-state index contributed by atoms with van der Waals surface area (Å²) in [6.07, 6.45) is 4.89. The number of hydrogen-bond acceptors (Lipinski definition) is 2. The fourth-order valence-electron chi connectivity index (χ4n) is 2.79. The summed E-state index contributed by atoms with van der Waals surface area (Å²) in [7, 11) is 0. The molecule has 1 aliphatic carbocycles. The van der Waals surface area contributed by atoms with E-state index in [2.05, 4.69) is 17.6 Å². The molecule has 21 heavy (non-hydrogen) atoms. The third-order valence-corrected chi connectivity index (χ3v) is 4.72. The number of amides is 1. The van der Waals surface area contributed by atoms with Crippen molar-refractivity contribution in [3.63, 3.8) is 0 Å². The summed E-state index contributed by atoms with van der Waals surface area (Å²) in [5, 5.41) is 7.32. The van der Waals surface area contributed by atoms with Crippen molar-refractivity contribution in [3.05, 3.63) is 28.2 Å². The van der Waals surface area contributed by atoms with Crippen LogP contribution in [0.25, 0.3) is 0 Å². The molecule has 1 fully saturated rings. The third kappa shape index (κ3) is 4.60. The Bertz CT molecular complexity index is 507. The highest BCUT2D eigenvalue weighted by atomic mass is 35.5. The molecule has 116 valence electrons. The molecule has 1 aromatic rings. The number of rotatable bonds is 4. The first-order valence-corrected chi connectivity index (χ1v) is 8.25. The zero-order valence-electron chi connectivity index (χ0n) is 12.5. The molecule has 1 aromatic carbocycles. The molecular weight excluding hydrogens is 307 g/mol. The van der Waals surface area contributed by atoms with E-state index in [9.17, 15) is 4.79 Å². The number of anilines is 1. The van der Waals surface area contributed by atoms with Crippen LogP contribution in [0.3, 0.4) is 0 Å². The van der Waals surface area contributed by atoms with E-state index in [1.165, 1.54) is 19.3 Å². The highest BCUT2D eigenvalue weighted by Crippen LogP contribution is 2.26. The van der Waals surface area contributed by atoms with Gasteiger partial charge >= 0.3 is 0 Å². The van der Waals surface area contributed by atoms with E-state index < -0.39 is 0 Å². The molecule has 2 N–H and O–H groups in total. The summed E-state index contributed by atoms with van der Waals surface area (Å²) in [5.74, 6) is 0.528. The molecule has 0 spiro atoms. The van der Waals surface area contributed by atoms with Crippen molar-refractivity contribution >= 4 is 34.8 Å². The first-order chi connectivity index (χ1) is 9.97. The lowest BCUT2D eigenvalue weighted by atomic mass is 9.85. The summed E-state index contributed by atoms with van der Waals surface area (Å²) in [5.41, 5.74) is 0.555. The minimum atomic E-state index is -0.259. The number of carbonyl (C=O) groups is 1. The fourth-order valence-corrected chi connectivity index (χ4v) is 3.13. The molecule has 0 aliphatic heterocycles. The standard InChI is InChI=1S/C16H22Cl2N2O/c1-10-5-3-4-6-14(10)19-11(2)16(21)20-15-9-12(17)7-8-13(15)18/h7-11,14,19H,3-6H2,1-2H3,(H,20,21)/t10-,11-,14+/m0/s1. The van der Waals surface area contributed by atoms with Crippen molar-refractivity contribution in [2.45, 2.75) is 51.6 Å². The summed E-state index contributed by atoms with van der Waals surface area (Å²) in [4.78, 5) is 12.3. The lowest BCUT2D eigenvalue weighted by Crippen LogP contribution is -2.47. The zero-order valence-corrected chi connectivity index (χ0v) is 14.0. The van der Waals surface area contributed by atoms with Crippen LogP contribution in [0.1, 0.15) is 39.5 Å². The Morgan fingerprint density at radius 1 is 1.29 bits per heavy atom. The fraction of sp³-hybridized carbons (Fsp3) is 0.562. The molecule has 0 heterocycles. The zero-order chi connectivity index (χ0) is 15.4. The number of hydrogen-bond donors (Lipinski definition) is 2. The second-order valence-corrected chi connectivity index (χ2v) is 6.71. The van der Waals surface area contributed by atoms with Crippen LogP contribution in [-0.4, -0.2) is 18.0 Å². The second-order valence-electron chi connectivity index (χ2n) is 5.87. The summed E-state index contributed by atoms with van der Waals surface area (Å²) < 4.78 is 0. The van der Waals surface area contributed by atoms with Gasteiger partial charge in [0.1, 0.15) is 0 Å². The Kier molecular flexibility index (Phi) is 5.91. The SMILES string of the molecule is C[C@H](N[C@@H]1CCCC[C@@H]1C)C(=O)Nc1cc(Cl)ccc1Cl. The molecule has 0 aromatic heterocycles. The molecule has 3 atom stereocenters. The van der Waals surface area contributed by atoms with Crippen molar-refractivity contribution < 1.29 is 4.79 Å². The Morgan fingerprint density at radius 3 is 2.71 bits per heavy atom. The minimum absolute atomic E-state index is 0.0862. The van der Waals surface area contributed by atoms with Crippen LogP contribution in [0.5, 0.6) is 0 Å². The Balaban J connectivity index is 1.94. The Hall–Kier alpha value is -0.770. The Labute approximate surface area is 136 Å². The molecule has 3 nitrogen and oxygen atoms in total. The molecule has 5 heteroatoms. The molecule has 1 amide bonds. The van der Waals surface area contributed by atoms with Gasteiger partial charge < -0.3 is 10.6 Å². The normalized spacial score (nSPS) is 23.6. The number of benzene rings is 1. The van der Waals surface area contributed by atoms with Gasteiger partial charge in [-0.05, 0) is 43.9 Å². The summed E-state index contributed by atoms with van der Waals surface area (Å²) in [6, 6.07) is 5.20. The predicted octanol–water partition coefficient (Wildman–Crippen LogP) is 4.49. The van der Waals surface area contributed by atoms with Gasteiger partial charge in [0.15, 0.2) is 0 Å². The quantitative estimate of drug-likeness (QED) is 0.854. The monoisotopic (exact) mass is 328 g/mol. The van der Waals surface area contributed by atoms with Gasteiger partial charge in [0.05, 0.1) is 16.8 Å². The van der Waals surface area contributed by atoms with E-state index in [1.54, 1.807) is 18.2 Å². The maximum absolute atomic E-state index is 12.3. The average molecular weight is 329 g/mol. The van der Waals surface area contributed by atoms with E-state index >= 15 is 0 Å².